The zero-order chi connectivity index (χ0) is 28.5. The number of hydrogen-bond acceptors (Lipinski definition) is 8. The Morgan fingerprint density at radius 1 is 1.14 bits per heavy atom. The van der Waals surface area contributed by atoms with Crippen molar-refractivity contribution in [2.45, 2.75) is 99.3 Å². The van der Waals surface area contributed by atoms with Crippen LogP contribution in [0.15, 0.2) is 5.38 Å². The Morgan fingerprint density at radius 3 is 2.27 bits per heavy atom. The fourth-order valence-corrected chi connectivity index (χ4v) is 4.76. The molecule has 10 heteroatoms. The van der Waals surface area contributed by atoms with Gasteiger partial charge in [0.15, 0.2) is 6.10 Å². The van der Waals surface area contributed by atoms with Gasteiger partial charge in [-0.15, -0.1) is 11.3 Å². The second kappa shape index (κ2) is 14.4. The number of nitrogens with zero attached hydrogens (tertiary/aromatic N) is 2. The molecule has 0 aromatic carbocycles. The van der Waals surface area contributed by atoms with Gasteiger partial charge in [-0.3, -0.25) is 19.2 Å². The van der Waals surface area contributed by atoms with E-state index in [-0.39, 0.29) is 59.2 Å². The van der Waals surface area contributed by atoms with Crippen LogP contribution in [0.1, 0.15) is 103 Å². The maximum atomic E-state index is 13.0. The summed E-state index contributed by atoms with van der Waals surface area (Å²) in [5.74, 6) is -0.685. The summed E-state index contributed by atoms with van der Waals surface area (Å²) in [6.07, 6.45) is 0.952. The molecule has 1 N–H and O–H groups in total. The van der Waals surface area contributed by atoms with Crippen molar-refractivity contribution >= 4 is 35.1 Å². The molecule has 0 saturated carbocycles. The topological polar surface area (TPSA) is 115 Å². The number of carbonyl (C=O) groups excluding carboxylic acids is 4. The molecule has 0 spiro atoms. The predicted octanol–water partition coefficient (Wildman–Crippen LogP) is 4.76. The normalized spacial score (nSPS) is 14.2. The highest BCUT2D eigenvalue weighted by Crippen LogP contribution is 2.31. The first-order valence-electron chi connectivity index (χ1n) is 12.8. The molecule has 1 aromatic rings. The number of thiazole rings is 1. The number of methoxy groups -OCH3 is 1. The minimum atomic E-state index is -0.681. The summed E-state index contributed by atoms with van der Waals surface area (Å²) in [7, 11) is 3.14. The van der Waals surface area contributed by atoms with E-state index in [1.165, 1.54) is 25.4 Å². The lowest BCUT2D eigenvalue weighted by Gasteiger charge is -2.34. The third-order valence-electron chi connectivity index (χ3n) is 6.76. The van der Waals surface area contributed by atoms with E-state index < -0.39 is 12.1 Å². The monoisotopic (exact) mass is 539 g/mol. The Morgan fingerprint density at radius 2 is 1.76 bits per heavy atom. The van der Waals surface area contributed by atoms with E-state index >= 15 is 0 Å². The van der Waals surface area contributed by atoms with Crippen molar-refractivity contribution in [1.29, 1.82) is 0 Å². The van der Waals surface area contributed by atoms with Gasteiger partial charge in [0, 0.05) is 50.7 Å². The van der Waals surface area contributed by atoms with E-state index in [1.807, 2.05) is 48.5 Å². The first-order chi connectivity index (χ1) is 17.1. The minimum Gasteiger partial charge on any atom is -0.469 e. The van der Waals surface area contributed by atoms with Gasteiger partial charge >= 0.3 is 11.9 Å². The highest BCUT2D eigenvalue weighted by molar-refractivity contribution is 7.09. The van der Waals surface area contributed by atoms with Crippen LogP contribution < -0.4 is 5.32 Å². The average Bonchev–Trinajstić information content (AvgIpc) is 3.29. The molecule has 37 heavy (non-hydrogen) atoms. The molecule has 0 bridgehead atoms. The summed E-state index contributed by atoms with van der Waals surface area (Å²) < 4.78 is 10.3. The van der Waals surface area contributed by atoms with Crippen LogP contribution >= 0.6 is 11.3 Å². The van der Waals surface area contributed by atoms with Crippen molar-refractivity contribution in [3.05, 3.63) is 16.1 Å². The van der Waals surface area contributed by atoms with Crippen LogP contribution in [-0.2, 0) is 23.9 Å². The minimum absolute atomic E-state index is 0.0401. The molecule has 1 heterocycles. The third kappa shape index (κ3) is 10.4. The van der Waals surface area contributed by atoms with Gasteiger partial charge in [0.05, 0.1) is 7.11 Å². The smallest absolute Gasteiger partial charge is 0.305 e. The lowest BCUT2D eigenvalue weighted by Crippen LogP contribution is -2.43. The number of hydrogen-bond donors (Lipinski definition) is 1. The highest BCUT2D eigenvalue weighted by Gasteiger charge is 2.32. The maximum absolute atomic E-state index is 13.0. The highest BCUT2D eigenvalue weighted by atomic mass is 32.1. The number of esters is 2. The van der Waals surface area contributed by atoms with Crippen molar-refractivity contribution in [1.82, 2.24) is 15.2 Å². The van der Waals surface area contributed by atoms with Crippen molar-refractivity contribution < 1.29 is 28.7 Å². The van der Waals surface area contributed by atoms with Gasteiger partial charge in [-0.25, -0.2) is 4.98 Å². The SMILES string of the molecule is COC(=O)CCC(C)(C)C(C)NC(=O)c1csc(C(CC(C(C)C)N(C)C(=O)CC(C)C)OC(C)=O)n1. The van der Waals surface area contributed by atoms with Crippen molar-refractivity contribution in [2.24, 2.45) is 17.3 Å². The molecule has 1 rings (SSSR count). The second-order valence-electron chi connectivity index (χ2n) is 11.1. The fraction of sp³-hybridized carbons (Fsp3) is 0.741. The Hall–Kier alpha value is -2.49. The average molecular weight is 540 g/mol. The predicted molar refractivity (Wildman–Crippen MR) is 144 cm³/mol. The van der Waals surface area contributed by atoms with Gasteiger partial charge in [-0.1, -0.05) is 41.5 Å². The fourth-order valence-electron chi connectivity index (χ4n) is 3.92. The standard InChI is InChI=1S/C27H45N3O6S/c1-16(2)13-23(32)30(9)21(17(3)4)14-22(36-19(6)31)26-29-20(15-37-26)25(34)28-18(5)27(7,8)12-11-24(33)35-10/h15-18,21-22H,11-14H2,1-10H3,(H,28,34). The molecule has 210 valence electrons. The Kier molecular flexibility index (Phi) is 12.7. The molecular formula is C27H45N3O6S. The first-order valence-corrected chi connectivity index (χ1v) is 13.7. The van der Waals surface area contributed by atoms with E-state index in [4.69, 9.17) is 9.47 Å². The van der Waals surface area contributed by atoms with Crippen molar-refractivity contribution in [2.75, 3.05) is 14.2 Å². The van der Waals surface area contributed by atoms with Crippen molar-refractivity contribution in [3.8, 4) is 0 Å². The number of nitrogens with one attached hydrogen (secondary N) is 1. The molecule has 0 aliphatic rings. The molecule has 0 aliphatic heterocycles. The summed E-state index contributed by atoms with van der Waals surface area (Å²) in [5, 5.41) is 5.13. The lowest BCUT2D eigenvalue weighted by molar-refractivity contribution is -0.148. The molecule has 0 saturated heterocycles. The van der Waals surface area contributed by atoms with Crippen LogP contribution in [0.25, 0.3) is 0 Å². The van der Waals surface area contributed by atoms with Gasteiger partial charge < -0.3 is 19.7 Å². The lowest BCUT2D eigenvalue weighted by atomic mass is 9.81. The molecule has 3 atom stereocenters. The summed E-state index contributed by atoms with van der Waals surface area (Å²) >= 11 is 1.25. The van der Waals surface area contributed by atoms with Crippen LogP contribution in [-0.4, -0.2) is 59.9 Å². The maximum Gasteiger partial charge on any atom is 0.305 e. The number of ether oxygens (including phenoxy) is 2. The number of rotatable bonds is 14. The molecule has 0 radical (unpaired) electrons. The molecule has 1 aromatic heterocycles. The zero-order valence-corrected chi connectivity index (χ0v) is 24.9. The Bertz CT molecular complexity index is 927. The Balaban J connectivity index is 3.04. The van der Waals surface area contributed by atoms with Crippen LogP contribution in [0.3, 0.4) is 0 Å². The third-order valence-corrected chi connectivity index (χ3v) is 7.69. The van der Waals surface area contributed by atoms with E-state index in [0.29, 0.717) is 24.3 Å². The first kappa shape index (κ1) is 32.5. The molecule has 0 fully saturated rings. The molecular weight excluding hydrogens is 494 g/mol. The second-order valence-corrected chi connectivity index (χ2v) is 12.0. The van der Waals surface area contributed by atoms with Gasteiger partial charge in [-0.05, 0) is 30.6 Å². The summed E-state index contributed by atoms with van der Waals surface area (Å²) in [4.78, 5) is 55.4. The summed E-state index contributed by atoms with van der Waals surface area (Å²) in [6, 6.07) is -0.405. The summed E-state index contributed by atoms with van der Waals surface area (Å²) in [5.41, 5.74) is -0.112. The van der Waals surface area contributed by atoms with E-state index in [1.54, 1.807) is 17.3 Å². The largest absolute Gasteiger partial charge is 0.469 e. The van der Waals surface area contributed by atoms with Crippen LogP contribution in [0, 0.1) is 17.3 Å². The van der Waals surface area contributed by atoms with Crippen LogP contribution in [0.5, 0.6) is 0 Å². The molecule has 0 aliphatic carbocycles. The van der Waals surface area contributed by atoms with E-state index in [2.05, 4.69) is 10.3 Å². The van der Waals surface area contributed by atoms with Crippen LogP contribution in [0.2, 0.25) is 0 Å². The number of amides is 2. The summed E-state index contributed by atoms with van der Waals surface area (Å²) in [6.45, 7) is 15.2. The van der Waals surface area contributed by atoms with E-state index in [0.717, 1.165) is 0 Å². The van der Waals surface area contributed by atoms with Gasteiger partial charge in [0.2, 0.25) is 5.91 Å². The van der Waals surface area contributed by atoms with Gasteiger partial charge in [0.1, 0.15) is 10.7 Å². The van der Waals surface area contributed by atoms with Gasteiger partial charge in [-0.2, -0.15) is 0 Å². The zero-order valence-electron chi connectivity index (χ0n) is 24.0. The Labute approximate surface area is 225 Å². The quantitative estimate of drug-likeness (QED) is 0.339. The number of aromatic nitrogens is 1. The van der Waals surface area contributed by atoms with E-state index in [9.17, 15) is 19.2 Å². The molecule has 3 unspecified atom stereocenters. The van der Waals surface area contributed by atoms with Gasteiger partial charge in [0.25, 0.3) is 5.91 Å². The van der Waals surface area contributed by atoms with Crippen LogP contribution in [0.4, 0.5) is 0 Å². The van der Waals surface area contributed by atoms with Crippen molar-refractivity contribution in [3.63, 3.8) is 0 Å². The number of carbonyl (C=O) groups is 4. The molecule has 9 nitrogen and oxygen atoms in total. The molecule has 2 amide bonds.